The first-order chi connectivity index (χ1) is 20.8. The highest BCUT2D eigenvalue weighted by Gasteiger charge is 2.50. The number of halogens is 6. The number of amides is 2. The number of nitrogens with zero attached hydrogens (tertiary/aromatic N) is 2. The Bertz CT molecular complexity index is 1320. The van der Waals surface area contributed by atoms with Gasteiger partial charge >= 0.3 is 18.4 Å². The van der Waals surface area contributed by atoms with Crippen molar-refractivity contribution in [1.82, 2.24) is 14.8 Å². The summed E-state index contributed by atoms with van der Waals surface area (Å²) < 4.78 is 96.9. The summed E-state index contributed by atoms with van der Waals surface area (Å²) in [5.74, 6) is -1.44. The van der Waals surface area contributed by atoms with Crippen LogP contribution in [0.2, 0.25) is 0 Å². The van der Waals surface area contributed by atoms with Crippen molar-refractivity contribution in [2.75, 3.05) is 26.8 Å². The minimum atomic E-state index is -5.27. The Morgan fingerprint density at radius 2 is 1.67 bits per heavy atom. The van der Waals surface area contributed by atoms with Crippen LogP contribution in [0.5, 0.6) is 0 Å². The zero-order valence-electron chi connectivity index (χ0n) is 26.2. The second kappa shape index (κ2) is 14.5. The molecule has 1 saturated heterocycles. The molecule has 1 aliphatic heterocycles. The summed E-state index contributed by atoms with van der Waals surface area (Å²) in [5.41, 5.74) is -3.89. The minimum absolute atomic E-state index is 0.109. The molecule has 2 atom stereocenters. The fourth-order valence-electron chi connectivity index (χ4n) is 5.83. The number of nitrogens with one attached hydrogen (secondary N) is 1. The molecule has 1 aromatic carbocycles. The molecule has 1 fully saturated rings. The number of aromatic nitrogens is 1. The van der Waals surface area contributed by atoms with Crippen LogP contribution in [0.25, 0.3) is 0 Å². The summed E-state index contributed by atoms with van der Waals surface area (Å²) in [6, 6.07) is 6.11. The third-order valence-electron chi connectivity index (χ3n) is 7.63. The molecule has 0 aliphatic carbocycles. The van der Waals surface area contributed by atoms with Gasteiger partial charge in [-0.1, -0.05) is 29.7 Å². The van der Waals surface area contributed by atoms with E-state index in [0.29, 0.717) is 11.9 Å². The summed E-state index contributed by atoms with van der Waals surface area (Å²) in [5, 5.41) is 2.71. The van der Waals surface area contributed by atoms with E-state index in [1.54, 1.807) is 45.0 Å². The fourth-order valence-corrected chi connectivity index (χ4v) is 5.83. The monoisotopic (exact) mass is 643 g/mol. The number of alkyl carbamates (subject to hydrolysis) is 1. The molecule has 0 spiro atoms. The lowest BCUT2D eigenvalue weighted by atomic mass is 9.90. The SMILES string of the molecule is [B]c1ccc(C[C@H](CC(=O)N2CCC[C@@H](c3c(C(F)(F)F)c(C(F)(F)F)c(C)n3CCCOC)C2)NC(=O)OC(C)(C)C)cc1. The highest BCUT2D eigenvalue weighted by molar-refractivity contribution is 6.32. The average Bonchev–Trinajstić information content (AvgIpc) is 3.22. The summed E-state index contributed by atoms with van der Waals surface area (Å²) in [7, 11) is 7.17. The van der Waals surface area contributed by atoms with Crippen LogP contribution in [0.1, 0.15) is 80.5 Å². The van der Waals surface area contributed by atoms with Gasteiger partial charge in [0, 0.05) is 63.1 Å². The number of alkyl halides is 6. The zero-order valence-corrected chi connectivity index (χ0v) is 26.2. The lowest BCUT2D eigenvalue weighted by Crippen LogP contribution is -2.46. The number of methoxy groups -OCH3 is 1. The minimum Gasteiger partial charge on any atom is -0.444 e. The van der Waals surface area contributed by atoms with Gasteiger partial charge in [-0.3, -0.25) is 4.79 Å². The van der Waals surface area contributed by atoms with Crippen LogP contribution in [0.3, 0.4) is 0 Å². The number of likely N-dealkylation sites (tertiary alicyclic amines) is 1. The van der Waals surface area contributed by atoms with Crippen molar-refractivity contribution in [3.63, 3.8) is 0 Å². The number of ether oxygens (including phenoxy) is 2. The summed E-state index contributed by atoms with van der Waals surface area (Å²) >= 11 is 0. The highest BCUT2D eigenvalue weighted by Crippen LogP contribution is 2.48. The van der Waals surface area contributed by atoms with Crippen molar-refractivity contribution in [2.24, 2.45) is 0 Å². The van der Waals surface area contributed by atoms with Gasteiger partial charge in [0.15, 0.2) is 0 Å². The fraction of sp³-hybridized carbons (Fsp3) is 0.613. The van der Waals surface area contributed by atoms with Gasteiger partial charge in [0.1, 0.15) is 13.4 Å². The number of carbonyl (C=O) groups excluding carboxylic acids is 2. The van der Waals surface area contributed by atoms with Crippen LogP contribution < -0.4 is 10.8 Å². The maximum absolute atomic E-state index is 14.4. The largest absolute Gasteiger partial charge is 0.444 e. The Hall–Kier alpha value is -3.16. The van der Waals surface area contributed by atoms with E-state index in [0.717, 1.165) is 17.1 Å². The van der Waals surface area contributed by atoms with Crippen molar-refractivity contribution < 1.29 is 45.4 Å². The number of carbonyl (C=O) groups is 2. The van der Waals surface area contributed by atoms with Gasteiger partial charge in [-0.15, -0.1) is 0 Å². The Morgan fingerprint density at radius 1 is 1.04 bits per heavy atom. The number of benzene rings is 1. The van der Waals surface area contributed by atoms with Crippen LogP contribution in [-0.2, 0) is 39.6 Å². The molecule has 1 aromatic heterocycles. The Kier molecular flexibility index (Phi) is 11.7. The van der Waals surface area contributed by atoms with E-state index >= 15 is 0 Å². The van der Waals surface area contributed by atoms with E-state index in [1.165, 1.54) is 12.0 Å². The average molecular weight is 643 g/mol. The van der Waals surface area contributed by atoms with Gasteiger partial charge in [-0.05, 0) is 58.9 Å². The van der Waals surface area contributed by atoms with Crippen molar-refractivity contribution in [3.8, 4) is 0 Å². The maximum atomic E-state index is 14.4. The van der Waals surface area contributed by atoms with E-state index in [-0.39, 0.29) is 51.9 Å². The molecule has 2 heterocycles. The van der Waals surface area contributed by atoms with E-state index in [4.69, 9.17) is 17.3 Å². The number of hydrogen-bond donors (Lipinski definition) is 1. The molecular weight excluding hydrogens is 603 g/mol. The quantitative estimate of drug-likeness (QED) is 0.199. The molecule has 7 nitrogen and oxygen atoms in total. The second-order valence-corrected chi connectivity index (χ2v) is 12.4. The number of rotatable bonds is 10. The van der Waals surface area contributed by atoms with Gasteiger partial charge in [0.25, 0.3) is 0 Å². The molecule has 0 unspecified atom stereocenters. The molecule has 2 aromatic rings. The van der Waals surface area contributed by atoms with E-state index in [1.807, 2.05) is 0 Å². The number of hydrogen-bond acceptors (Lipinski definition) is 4. The third kappa shape index (κ3) is 9.91. The molecule has 14 heteroatoms. The molecule has 3 rings (SSSR count). The van der Waals surface area contributed by atoms with Crippen LogP contribution in [-0.4, -0.2) is 67.8 Å². The first-order valence-corrected chi connectivity index (χ1v) is 14.8. The topological polar surface area (TPSA) is 72.8 Å². The van der Waals surface area contributed by atoms with Crippen molar-refractivity contribution in [1.29, 1.82) is 0 Å². The van der Waals surface area contributed by atoms with E-state index < -0.39 is 64.4 Å². The zero-order chi connectivity index (χ0) is 33.7. The smallest absolute Gasteiger partial charge is 0.418 e. The van der Waals surface area contributed by atoms with E-state index in [2.05, 4.69) is 5.32 Å². The van der Waals surface area contributed by atoms with Crippen LogP contribution in [0, 0.1) is 6.92 Å². The standard InChI is InChI=1S/C31H40BF6N3O4/c1-19-25(30(33,34)35)26(31(36,37)38)27(41(19)14-7-15-44-5)21-8-6-13-40(18-21)24(42)17-23(39-28(43)45-29(2,3)4)16-20-9-11-22(32)12-10-20/h9-12,21,23H,6-8,13-18H2,1-5H3,(H,39,43)/t21-,23-/m1/s1. The normalized spacial score (nSPS) is 16.9. The molecule has 1 N–H and O–H groups in total. The Labute approximate surface area is 261 Å². The van der Waals surface area contributed by atoms with Gasteiger partial charge in [-0.25, -0.2) is 4.79 Å². The van der Waals surface area contributed by atoms with Gasteiger partial charge in [0.2, 0.25) is 5.91 Å². The highest BCUT2D eigenvalue weighted by atomic mass is 19.4. The molecule has 0 saturated carbocycles. The third-order valence-corrected chi connectivity index (χ3v) is 7.63. The van der Waals surface area contributed by atoms with Crippen molar-refractivity contribution in [2.45, 2.75) is 96.3 Å². The molecule has 2 radical (unpaired) electrons. The predicted molar refractivity (Wildman–Crippen MR) is 158 cm³/mol. The van der Waals surface area contributed by atoms with Gasteiger partial charge in [0.05, 0.1) is 11.1 Å². The van der Waals surface area contributed by atoms with Crippen molar-refractivity contribution in [3.05, 3.63) is 52.3 Å². The van der Waals surface area contributed by atoms with Gasteiger partial charge in [-0.2, -0.15) is 26.3 Å². The lowest BCUT2D eigenvalue weighted by Gasteiger charge is -2.35. The first-order valence-electron chi connectivity index (χ1n) is 14.8. The van der Waals surface area contributed by atoms with Gasteiger partial charge < -0.3 is 24.3 Å². The summed E-state index contributed by atoms with van der Waals surface area (Å²) in [6.45, 7) is 6.16. The second-order valence-electron chi connectivity index (χ2n) is 12.4. The Morgan fingerprint density at radius 3 is 2.22 bits per heavy atom. The molecular formula is C31H40BF6N3O4. The lowest BCUT2D eigenvalue weighted by molar-refractivity contribution is -0.162. The van der Waals surface area contributed by atoms with Crippen LogP contribution in [0.4, 0.5) is 31.1 Å². The van der Waals surface area contributed by atoms with Crippen molar-refractivity contribution >= 4 is 25.3 Å². The summed E-state index contributed by atoms with van der Waals surface area (Å²) in [4.78, 5) is 27.6. The van der Waals surface area contributed by atoms with Crippen LogP contribution in [0.15, 0.2) is 24.3 Å². The van der Waals surface area contributed by atoms with Crippen LogP contribution >= 0.6 is 0 Å². The predicted octanol–water partition coefficient (Wildman–Crippen LogP) is 5.90. The van der Waals surface area contributed by atoms with E-state index in [9.17, 15) is 35.9 Å². The maximum Gasteiger partial charge on any atom is 0.418 e. The first kappa shape index (κ1) is 36.3. The Balaban J connectivity index is 1.93. The molecule has 0 bridgehead atoms. The molecule has 1 aliphatic rings. The molecule has 248 valence electrons. The molecule has 2 amide bonds. The molecule has 45 heavy (non-hydrogen) atoms. The number of piperidine rings is 1. The summed E-state index contributed by atoms with van der Waals surface area (Å²) in [6.07, 6.45) is -10.6.